The van der Waals surface area contributed by atoms with E-state index in [4.69, 9.17) is 4.74 Å². The summed E-state index contributed by atoms with van der Waals surface area (Å²) in [4.78, 5) is 0. The predicted octanol–water partition coefficient (Wildman–Crippen LogP) is 3.92. The summed E-state index contributed by atoms with van der Waals surface area (Å²) in [6.07, 6.45) is -4.63. The largest absolute Gasteiger partial charge is 0.416 e. The Morgan fingerprint density at radius 2 is 1.90 bits per heavy atom. The average molecular weight is 293 g/mol. The Morgan fingerprint density at radius 1 is 1.25 bits per heavy atom. The molecule has 0 bridgehead atoms. The Balaban J connectivity index is 3.13. The Hall–Kier alpha value is -1.14. The molecule has 1 aromatic rings. The van der Waals surface area contributed by atoms with Crippen molar-refractivity contribution in [3.63, 3.8) is 0 Å². The van der Waals surface area contributed by atoms with Crippen LogP contribution in [0.15, 0.2) is 18.2 Å². The molecule has 0 saturated heterocycles. The van der Waals surface area contributed by atoms with Crippen LogP contribution in [0.1, 0.15) is 37.9 Å². The van der Waals surface area contributed by atoms with Gasteiger partial charge in [0.05, 0.1) is 24.3 Å². The number of halogens is 4. The molecule has 0 aromatic heterocycles. The van der Waals surface area contributed by atoms with Crippen LogP contribution in [0.2, 0.25) is 0 Å². The van der Waals surface area contributed by atoms with Crippen molar-refractivity contribution in [2.75, 3.05) is 13.2 Å². The summed E-state index contributed by atoms with van der Waals surface area (Å²) in [5.41, 5.74) is -0.961. The Bertz CT molecular complexity index is 432. The maximum atomic E-state index is 13.3. The zero-order chi connectivity index (χ0) is 15.3. The van der Waals surface area contributed by atoms with Crippen molar-refractivity contribution < 1.29 is 22.3 Å². The molecule has 0 aliphatic heterocycles. The quantitative estimate of drug-likeness (QED) is 0.803. The monoisotopic (exact) mass is 293 g/mol. The third-order valence-corrected chi connectivity index (χ3v) is 2.74. The highest BCUT2D eigenvalue weighted by Gasteiger charge is 2.35. The molecule has 114 valence electrons. The van der Waals surface area contributed by atoms with E-state index in [0.29, 0.717) is 6.54 Å². The summed E-state index contributed by atoms with van der Waals surface area (Å²) in [5.74, 6) is -0.694. The van der Waals surface area contributed by atoms with Crippen molar-refractivity contribution in [2.45, 2.75) is 39.1 Å². The van der Waals surface area contributed by atoms with Crippen LogP contribution in [0, 0.1) is 5.82 Å². The average Bonchev–Trinajstić information content (AvgIpc) is 2.32. The fourth-order valence-corrected chi connectivity index (χ4v) is 1.87. The van der Waals surface area contributed by atoms with E-state index < -0.39 is 23.6 Å². The van der Waals surface area contributed by atoms with Crippen LogP contribution in [0.5, 0.6) is 0 Å². The van der Waals surface area contributed by atoms with Crippen molar-refractivity contribution in [1.82, 2.24) is 5.32 Å². The molecule has 0 aliphatic rings. The molecule has 0 fully saturated rings. The third-order valence-electron chi connectivity index (χ3n) is 2.74. The van der Waals surface area contributed by atoms with Gasteiger partial charge in [-0.05, 0) is 44.2 Å². The minimum Gasteiger partial charge on any atom is -0.377 e. The van der Waals surface area contributed by atoms with E-state index in [-0.39, 0.29) is 18.3 Å². The molecule has 0 saturated carbocycles. The molecule has 0 radical (unpaired) electrons. The van der Waals surface area contributed by atoms with Gasteiger partial charge in [0.25, 0.3) is 0 Å². The molecule has 1 unspecified atom stereocenters. The fraction of sp³-hybridized carbons (Fsp3) is 0.571. The highest BCUT2D eigenvalue weighted by atomic mass is 19.4. The Morgan fingerprint density at radius 3 is 2.40 bits per heavy atom. The molecule has 6 heteroatoms. The molecule has 2 nitrogen and oxygen atoms in total. The lowest BCUT2D eigenvalue weighted by Crippen LogP contribution is -2.29. The van der Waals surface area contributed by atoms with Crippen molar-refractivity contribution in [3.8, 4) is 0 Å². The fourth-order valence-electron chi connectivity index (χ4n) is 1.87. The molecule has 20 heavy (non-hydrogen) atoms. The van der Waals surface area contributed by atoms with Gasteiger partial charge < -0.3 is 10.1 Å². The van der Waals surface area contributed by atoms with Crippen molar-refractivity contribution in [2.24, 2.45) is 0 Å². The lowest BCUT2D eigenvalue weighted by molar-refractivity contribution is -0.138. The normalized spacial score (nSPS) is 13.8. The van der Waals surface area contributed by atoms with Gasteiger partial charge in [-0.3, -0.25) is 0 Å². The van der Waals surface area contributed by atoms with E-state index in [2.05, 4.69) is 5.32 Å². The SMILES string of the molecule is CCNC(COC(C)C)c1cc(F)ccc1C(F)(F)F. The second-order valence-electron chi connectivity index (χ2n) is 4.72. The van der Waals surface area contributed by atoms with Crippen LogP contribution >= 0.6 is 0 Å². The van der Waals surface area contributed by atoms with Crippen LogP contribution in [0.3, 0.4) is 0 Å². The predicted molar refractivity (Wildman–Crippen MR) is 68.9 cm³/mol. The second kappa shape index (κ2) is 7.04. The number of rotatable bonds is 6. The van der Waals surface area contributed by atoms with Gasteiger partial charge in [-0.2, -0.15) is 13.2 Å². The van der Waals surface area contributed by atoms with E-state index in [0.717, 1.165) is 18.2 Å². The summed E-state index contributed by atoms with van der Waals surface area (Å²) in [6, 6.07) is 1.80. The highest BCUT2D eigenvalue weighted by molar-refractivity contribution is 5.33. The first-order valence-corrected chi connectivity index (χ1v) is 6.47. The van der Waals surface area contributed by atoms with Gasteiger partial charge in [0, 0.05) is 0 Å². The minimum absolute atomic E-state index is 0.0536. The van der Waals surface area contributed by atoms with Crippen molar-refractivity contribution in [1.29, 1.82) is 0 Å². The zero-order valence-electron chi connectivity index (χ0n) is 11.7. The number of hydrogen-bond donors (Lipinski definition) is 1. The number of hydrogen-bond acceptors (Lipinski definition) is 2. The van der Waals surface area contributed by atoms with Crippen molar-refractivity contribution in [3.05, 3.63) is 35.1 Å². The molecular weight excluding hydrogens is 274 g/mol. The van der Waals surface area contributed by atoms with Crippen molar-refractivity contribution >= 4 is 0 Å². The molecule has 0 amide bonds. The molecule has 1 atom stereocenters. The molecule has 0 heterocycles. The number of ether oxygens (including phenoxy) is 1. The van der Waals surface area contributed by atoms with Crippen LogP contribution in [0.4, 0.5) is 17.6 Å². The topological polar surface area (TPSA) is 21.3 Å². The first-order valence-electron chi connectivity index (χ1n) is 6.47. The summed E-state index contributed by atoms with van der Waals surface area (Å²) in [6.45, 7) is 5.87. The van der Waals surface area contributed by atoms with Crippen LogP contribution in [-0.2, 0) is 10.9 Å². The third kappa shape index (κ3) is 4.76. The van der Waals surface area contributed by atoms with E-state index in [1.807, 2.05) is 0 Å². The van der Waals surface area contributed by atoms with Gasteiger partial charge >= 0.3 is 6.18 Å². The van der Waals surface area contributed by atoms with Gasteiger partial charge in [-0.15, -0.1) is 0 Å². The molecule has 1 rings (SSSR count). The summed E-state index contributed by atoms with van der Waals surface area (Å²) in [7, 11) is 0. The summed E-state index contributed by atoms with van der Waals surface area (Å²) in [5, 5.41) is 2.90. The lowest BCUT2D eigenvalue weighted by Gasteiger charge is -2.23. The van der Waals surface area contributed by atoms with Crippen LogP contribution in [0.25, 0.3) is 0 Å². The maximum Gasteiger partial charge on any atom is 0.416 e. The van der Waals surface area contributed by atoms with E-state index >= 15 is 0 Å². The van der Waals surface area contributed by atoms with Crippen LogP contribution in [-0.4, -0.2) is 19.3 Å². The van der Waals surface area contributed by atoms with Gasteiger partial charge in [0.2, 0.25) is 0 Å². The molecule has 0 aliphatic carbocycles. The van der Waals surface area contributed by atoms with Gasteiger partial charge in [0.15, 0.2) is 0 Å². The standard InChI is InChI=1S/C14H19F4NO/c1-4-19-13(8-20-9(2)3)11-7-10(15)5-6-12(11)14(16,17)18/h5-7,9,13,19H,4,8H2,1-3H3. The molecular formula is C14H19F4NO. The van der Waals surface area contributed by atoms with Crippen LogP contribution < -0.4 is 5.32 Å². The number of nitrogens with one attached hydrogen (secondary N) is 1. The maximum absolute atomic E-state index is 13.3. The van der Waals surface area contributed by atoms with E-state index in [1.54, 1.807) is 20.8 Å². The van der Waals surface area contributed by atoms with Gasteiger partial charge in [0.1, 0.15) is 5.82 Å². The second-order valence-corrected chi connectivity index (χ2v) is 4.72. The number of benzene rings is 1. The molecule has 0 spiro atoms. The zero-order valence-corrected chi connectivity index (χ0v) is 11.7. The van der Waals surface area contributed by atoms with Gasteiger partial charge in [-0.25, -0.2) is 4.39 Å². The first kappa shape index (κ1) is 16.9. The van der Waals surface area contributed by atoms with Gasteiger partial charge in [-0.1, -0.05) is 6.92 Å². The van der Waals surface area contributed by atoms with E-state index in [9.17, 15) is 17.6 Å². The number of likely N-dealkylation sites (N-methyl/N-ethyl adjacent to an activating group) is 1. The van der Waals surface area contributed by atoms with E-state index in [1.165, 1.54) is 0 Å². The first-order chi connectivity index (χ1) is 9.25. The lowest BCUT2D eigenvalue weighted by atomic mass is 10.00. The highest BCUT2D eigenvalue weighted by Crippen LogP contribution is 2.35. The minimum atomic E-state index is -4.52. The Kier molecular flexibility index (Phi) is 5.95. The molecule has 1 N–H and O–H groups in total. The Labute approximate surface area is 116 Å². The molecule has 1 aromatic carbocycles. The smallest absolute Gasteiger partial charge is 0.377 e. The number of alkyl halides is 3. The summed E-state index contributed by atoms with van der Waals surface area (Å²) >= 11 is 0. The summed E-state index contributed by atoms with van der Waals surface area (Å²) < 4.78 is 57.6.